The van der Waals surface area contributed by atoms with Gasteiger partial charge in [-0.05, 0) is 35.7 Å². The molecule has 0 bridgehead atoms. The maximum absolute atomic E-state index is 12.0. The zero-order valence-corrected chi connectivity index (χ0v) is 15.8. The minimum Gasteiger partial charge on any atom is -0.411 e. The second-order valence-corrected chi connectivity index (χ2v) is 7.15. The number of halogens is 1. The summed E-state index contributed by atoms with van der Waals surface area (Å²) in [5.41, 5.74) is 1.99. The summed E-state index contributed by atoms with van der Waals surface area (Å²) in [4.78, 5) is 12.0. The van der Waals surface area contributed by atoms with Crippen LogP contribution in [0.15, 0.2) is 64.2 Å². The Morgan fingerprint density at radius 1 is 1.15 bits per heavy atom. The lowest BCUT2D eigenvalue weighted by molar-refractivity contribution is -0.118. The predicted molar refractivity (Wildman–Crippen MR) is 103 cm³/mol. The van der Waals surface area contributed by atoms with Crippen molar-refractivity contribution in [1.82, 2.24) is 15.5 Å². The van der Waals surface area contributed by atoms with Crippen molar-refractivity contribution >= 4 is 29.3 Å². The Morgan fingerprint density at radius 3 is 2.62 bits per heavy atom. The quantitative estimate of drug-likeness (QED) is 0.608. The molecule has 5 nitrogen and oxygen atoms in total. The highest BCUT2D eigenvalue weighted by atomic mass is 35.5. The lowest BCUT2D eigenvalue weighted by atomic mass is 10.0. The molecular formula is C19H18ClN3O2S. The normalized spacial score (nSPS) is 11.9. The maximum Gasteiger partial charge on any atom is 0.277 e. The zero-order valence-electron chi connectivity index (χ0n) is 14.2. The van der Waals surface area contributed by atoms with Crippen LogP contribution in [-0.4, -0.2) is 28.4 Å². The lowest BCUT2D eigenvalue weighted by Crippen LogP contribution is -2.28. The Kier molecular flexibility index (Phi) is 6.30. The lowest BCUT2D eigenvalue weighted by Gasteiger charge is -2.12. The summed E-state index contributed by atoms with van der Waals surface area (Å²) in [6.45, 7) is 2.67. The molecule has 134 valence electrons. The number of hydrogen-bond donors (Lipinski definition) is 1. The molecule has 7 heteroatoms. The molecule has 1 heterocycles. The first-order valence-electron chi connectivity index (χ1n) is 8.15. The molecular weight excluding hydrogens is 370 g/mol. The molecule has 0 saturated carbocycles. The van der Waals surface area contributed by atoms with E-state index in [1.54, 1.807) is 12.1 Å². The fourth-order valence-corrected chi connectivity index (χ4v) is 3.04. The van der Waals surface area contributed by atoms with Gasteiger partial charge in [0.1, 0.15) is 0 Å². The summed E-state index contributed by atoms with van der Waals surface area (Å²) in [6.07, 6.45) is 0. The minimum absolute atomic E-state index is 0.0657. The van der Waals surface area contributed by atoms with E-state index in [1.807, 2.05) is 30.3 Å². The SMILES string of the molecule is C[C@H](CNC(=O)CSc1nnc(-c2ccc(Cl)cc2)o1)c1ccccc1. The van der Waals surface area contributed by atoms with Gasteiger partial charge in [0.05, 0.1) is 5.75 Å². The highest BCUT2D eigenvalue weighted by Crippen LogP contribution is 2.24. The van der Waals surface area contributed by atoms with Gasteiger partial charge >= 0.3 is 0 Å². The van der Waals surface area contributed by atoms with Gasteiger partial charge in [-0.3, -0.25) is 4.79 Å². The molecule has 0 aliphatic rings. The van der Waals surface area contributed by atoms with E-state index in [-0.39, 0.29) is 17.6 Å². The topological polar surface area (TPSA) is 68.0 Å². The van der Waals surface area contributed by atoms with E-state index in [0.29, 0.717) is 22.7 Å². The van der Waals surface area contributed by atoms with Gasteiger partial charge in [-0.15, -0.1) is 10.2 Å². The number of benzene rings is 2. The number of rotatable bonds is 7. The Bertz CT molecular complexity index is 853. The van der Waals surface area contributed by atoms with E-state index >= 15 is 0 Å². The molecule has 0 unspecified atom stereocenters. The van der Waals surface area contributed by atoms with E-state index in [4.69, 9.17) is 16.0 Å². The van der Waals surface area contributed by atoms with Crippen LogP contribution in [-0.2, 0) is 4.79 Å². The van der Waals surface area contributed by atoms with Gasteiger partial charge in [-0.25, -0.2) is 0 Å². The monoisotopic (exact) mass is 387 g/mol. The second kappa shape index (κ2) is 8.87. The zero-order chi connectivity index (χ0) is 18.4. The molecule has 0 aliphatic heterocycles. The average Bonchev–Trinajstić information content (AvgIpc) is 3.14. The van der Waals surface area contributed by atoms with Gasteiger partial charge < -0.3 is 9.73 Å². The molecule has 1 atom stereocenters. The molecule has 0 radical (unpaired) electrons. The van der Waals surface area contributed by atoms with Crippen LogP contribution in [0.1, 0.15) is 18.4 Å². The fraction of sp³-hybridized carbons (Fsp3) is 0.211. The largest absolute Gasteiger partial charge is 0.411 e. The van der Waals surface area contributed by atoms with Crippen LogP contribution in [0.25, 0.3) is 11.5 Å². The summed E-state index contributed by atoms with van der Waals surface area (Å²) in [5, 5.41) is 11.9. The Balaban J connectivity index is 1.47. The van der Waals surface area contributed by atoms with Crippen molar-refractivity contribution in [2.75, 3.05) is 12.3 Å². The van der Waals surface area contributed by atoms with Crippen molar-refractivity contribution in [2.24, 2.45) is 0 Å². The summed E-state index contributed by atoms with van der Waals surface area (Å²) >= 11 is 7.08. The molecule has 0 aliphatic carbocycles. The third-order valence-electron chi connectivity index (χ3n) is 3.80. The van der Waals surface area contributed by atoms with E-state index in [9.17, 15) is 4.79 Å². The van der Waals surface area contributed by atoms with E-state index in [1.165, 1.54) is 17.3 Å². The van der Waals surface area contributed by atoms with Crippen molar-refractivity contribution in [1.29, 1.82) is 0 Å². The number of amides is 1. The third-order valence-corrected chi connectivity index (χ3v) is 4.87. The summed E-state index contributed by atoms with van der Waals surface area (Å²) in [6, 6.07) is 17.2. The van der Waals surface area contributed by atoms with Crippen molar-refractivity contribution in [2.45, 2.75) is 18.1 Å². The number of carbonyl (C=O) groups excluding carboxylic acids is 1. The van der Waals surface area contributed by atoms with E-state index < -0.39 is 0 Å². The number of nitrogens with zero attached hydrogens (tertiary/aromatic N) is 2. The van der Waals surface area contributed by atoms with Crippen LogP contribution in [0.4, 0.5) is 0 Å². The predicted octanol–water partition coefficient (Wildman–Crippen LogP) is 4.40. The first-order chi connectivity index (χ1) is 12.6. The van der Waals surface area contributed by atoms with Gasteiger partial charge in [0, 0.05) is 17.1 Å². The fourth-order valence-electron chi connectivity index (χ4n) is 2.32. The number of hydrogen-bond acceptors (Lipinski definition) is 5. The maximum atomic E-state index is 12.0. The number of aromatic nitrogens is 2. The second-order valence-electron chi connectivity index (χ2n) is 5.78. The van der Waals surface area contributed by atoms with Crippen LogP contribution < -0.4 is 5.32 Å². The molecule has 26 heavy (non-hydrogen) atoms. The molecule has 1 aromatic heterocycles. The molecule has 3 rings (SSSR count). The minimum atomic E-state index is -0.0657. The van der Waals surface area contributed by atoms with Gasteiger partial charge in [0.15, 0.2) is 0 Å². The molecule has 2 aromatic carbocycles. The summed E-state index contributed by atoms with van der Waals surface area (Å²) < 4.78 is 5.57. The summed E-state index contributed by atoms with van der Waals surface area (Å²) in [5.74, 6) is 0.820. The molecule has 0 fully saturated rings. The third kappa shape index (κ3) is 5.09. The van der Waals surface area contributed by atoms with Crippen LogP contribution in [0.3, 0.4) is 0 Å². The Morgan fingerprint density at radius 2 is 1.88 bits per heavy atom. The van der Waals surface area contributed by atoms with Crippen molar-refractivity contribution in [3.05, 3.63) is 65.2 Å². The Hall–Kier alpha value is -2.31. The van der Waals surface area contributed by atoms with Crippen molar-refractivity contribution in [3.8, 4) is 11.5 Å². The smallest absolute Gasteiger partial charge is 0.277 e. The van der Waals surface area contributed by atoms with Gasteiger partial charge in [-0.1, -0.05) is 60.6 Å². The number of thioether (sulfide) groups is 1. The Labute approximate surface area is 161 Å². The van der Waals surface area contributed by atoms with Crippen molar-refractivity contribution < 1.29 is 9.21 Å². The first kappa shape index (κ1) is 18.5. The highest BCUT2D eigenvalue weighted by molar-refractivity contribution is 7.99. The average molecular weight is 388 g/mol. The summed E-state index contributed by atoms with van der Waals surface area (Å²) in [7, 11) is 0. The molecule has 1 N–H and O–H groups in total. The first-order valence-corrected chi connectivity index (χ1v) is 9.52. The van der Waals surface area contributed by atoms with E-state index in [0.717, 1.165) is 5.56 Å². The van der Waals surface area contributed by atoms with Crippen LogP contribution in [0, 0.1) is 0 Å². The van der Waals surface area contributed by atoms with Gasteiger partial charge in [-0.2, -0.15) is 0 Å². The molecule has 0 spiro atoms. The number of nitrogens with one attached hydrogen (secondary N) is 1. The van der Waals surface area contributed by atoms with Crippen LogP contribution in [0.2, 0.25) is 5.02 Å². The molecule has 0 saturated heterocycles. The van der Waals surface area contributed by atoms with Gasteiger partial charge in [0.2, 0.25) is 11.8 Å². The van der Waals surface area contributed by atoms with Crippen LogP contribution >= 0.6 is 23.4 Å². The van der Waals surface area contributed by atoms with Gasteiger partial charge in [0.25, 0.3) is 5.22 Å². The van der Waals surface area contributed by atoms with E-state index in [2.05, 4.69) is 34.6 Å². The van der Waals surface area contributed by atoms with Crippen LogP contribution in [0.5, 0.6) is 0 Å². The molecule has 1 amide bonds. The standard InChI is InChI=1S/C19H18ClN3O2S/c1-13(14-5-3-2-4-6-14)11-21-17(24)12-26-19-23-22-18(25-19)15-7-9-16(20)10-8-15/h2-10,13H,11-12H2,1H3,(H,21,24)/t13-/m1/s1. The van der Waals surface area contributed by atoms with Crippen molar-refractivity contribution in [3.63, 3.8) is 0 Å². The molecule has 3 aromatic rings. The number of carbonyl (C=O) groups is 1. The highest BCUT2D eigenvalue weighted by Gasteiger charge is 2.12.